The Balaban J connectivity index is 2.29. The lowest BCUT2D eigenvalue weighted by Crippen LogP contribution is -2.30. The Bertz CT molecular complexity index is 697. The first-order valence-electron chi connectivity index (χ1n) is 6.52. The molecule has 0 spiro atoms. The van der Waals surface area contributed by atoms with Crippen molar-refractivity contribution in [3.8, 4) is 0 Å². The van der Waals surface area contributed by atoms with E-state index in [9.17, 15) is 17.6 Å². The van der Waals surface area contributed by atoms with Crippen molar-refractivity contribution in [1.29, 1.82) is 0 Å². The van der Waals surface area contributed by atoms with E-state index in [2.05, 4.69) is 5.32 Å². The van der Waals surface area contributed by atoms with Gasteiger partial charge in [-0.3, -0.25) is 4.79 Å². The number of carbonyl (C=O) groups excluding carboxylic acids is 1. The van der Waals surface area contributed by atoms with E-state index in [1.54, 1.807) is 0 Å². The number of hydrogen-bond donors (Lipinski definition) is 2. The molecule has 0 aromatic heterocycles. The summed E-state index contributed by atoms with van der Waals surface area (Å²) >= 11 is 0. The number of hydrogen-bond acceptors (Lipinski definition) is 3. The van der Waals surface area contributed by atoms with Gasteiger partial charge in [0.2, 0.25) is 10.0 Å². The van der Waals surface area contributed by atoms with Crippen molar-refractivity contribution >= 4 is 15.9 Å². The van der Waals surface area contributed by atoms with Crippen LogP contribution in [0.3, 0.4) is 0 Å². The number of benzene rings is 1. The highest BCUT2D eigenvalue weighted by atomic mass is 32.2. The van der Waals surface area contributed by atoms with E-state index >= 15 is 0 Å². The molecule has 2 rings (SSSR count). The first kappa shape index (κ1) is 15.9. The highest BCUT2D eigenvalue weighted by molar-refractivity contribution is 7.89. The second-order valence-electron chi connectivity index (χ2n) is 6.54. The van der Waals surface area contributed by atoms with Gasteiger partial charge in [-0.1, -0.05) is 27.7 Å². The first-order valence-corrected chi connectivity index (χ1v) is 8.07. The molecule has 1 aliphatic carbocycles. The monoisotopic (exact) mass is 314 g/mol. The second-order valence-corrected chi connectivity index (χ2v) is 8.10. The minimum absolute atomic E-state index is 0.101. The summed E-state index contributed by atoms with van der Waals surface area (Å²) in [5, 5.41) is 7.75. The quantitative estimate of drug-likeness (QED) is 0.888. The topological polar surface area (TPSA) is 89.3 Å². The van der Waals surface area contributed by atoms with Gasteiger partial charge in [0.1, 0.15) is 5.82 Å². The van der Waals surface area contributed by atoms with E-state index in [0.29, 0.717) is 0 Å². The van der Waals surface area contributed by atoms with Crippen LogP contribution in [-0.4, -0.2) is 20.4 Å². The van der Waals surface area contributed by atoms with Gasteiger partial charge in [0, 0.05) is 6.04 Å². The minimum Gasteiger partial charge on any atom is -0.348 e. The third-order valence-electron chi connectivity index (χ3n) is 4.81. The number of rotatable bonds is 3. The molecule has 0 bridgehead atoms. The number of nitrogens with one attached hydrogen (secondary N) is 1. The summed E-state index contributed by atoms with van der Waals surface area (Å²) in [4.78, 5) is 11.9. The number of amides is 1. The van der Waals surface area contributed by atoms with Crippen LogP contribution < -0.4 is 10.5 Å². The van der Waals surface area contributed by atoms with E-state index in [-0.39, 0.29) is 27.3 Å². The van der Waals surface area contributed by atoms with Gasteiger partial charge in [-0.15, -0.1) is 0 Å². The fraction of sp³-hybridized carbons (Fsp3) is 0.500. The van der Waals surface area contributed by atoms with Gasteiger partial charge in [-0.2, -0.15) is 0 Å². The summed E-state index contributed by atoms with van der Waals surface area (Å²) in [6.07, 6.45) is 0. The molecule has 1 aromatic rings. The normalized spacial score (nSPS) is 20.1. The largest absolute Gasteiger partial charge is 0.348 e. The molecule has 1 aliphatic rings. The Morgan fingerprint density at radius 3 is 2.19 bits per heavy atom. The van der Waals surface area contributed by atoms with Crippen LogP contribution in [-0.2, 0) is 10.0 Å². The van der Waals surface area contributed by atoms with E-state index in [0.717, 1.165) is 18.2 Å². The van der Waals surface area contributed by atoms with Gasteiger partial charge >= 0.3 is 0 Å². The summed E-state index contributed by atoms with van der Waals surface area (Å²) in [6, 6.07) is 2.82. The molecule has 1 amide bonds. The van der Waals surface area contributed by atoms with Gasteiger partial charge in [0.25, 0.3) is 5.91 Å². The summed E-state index contributed by atoms with van der Waals surface area (Å²) in [5.41, 5.74) is -0.520. The Hall–Kier alpha value is -1.47. The maximum atomic E-state index is 13.8. The van der Waals surface area contributed by atoms with Crippen LogP contribution in [0.1, 0.15) is 38.1 Å². The second kappa shape index (κ2) is 4.51. The van der Waals surface area contributed by atoms with E-state index in [4.69, 9.17) is 5.14 Å². The maximum absolute atomic E-state index is 13.8. The van der Waals surface area contributed by atoms with Crippen LogP contribution in [0.5, 0.6) is 0 Å². The van der Waals surface area contributed by atoms with Gasteiger partial charge in [-0.05, 0) is 29.0 Å². The van der Waals surface area contributed by atoms with E-state index in [1.807, 2.05) is 27.7 Å². The molecule has 116 valence electrons. The molecule has 1 fully saturated rings. The molecule has 0 heterocycles. The summed E-state index contributed by atoms with van der Waals surface area (Å²) < 4.78 is 36.3. The van der Waals surface area contributed by atoms with Crippen molar-refractivity contribution in [2.45, 2.75) is 38.6 Å². The minimum atomic E-state index is -3.98. The number of halogens is 1. The van der Waals surface area contributed by atoms with Gasteiger partial charge in [0.05, 0.1) is 10.5 Å². The first-order chi connectivity index (χ1) is 9.39. The van der Waals surface area contributed by atoms with Crippen molar-refractivity contribution in [1.82, 2.24) is 5.32 Å². The molecule has 0 aliphatic heterocycles. The van der Waals surface area contributed by atoms with Crippen LogP contribution in [0.15, 0.2) is 23.1 Å². The highest BCUT2D eigenvalue weighted by Crippen LogP contribution is 2.62. The molecular weight excluding hydrogens is 295 g/mol. The number of primary sulfonamides is 1. The van der Waals surface area contributed by atoms with Gasteiger partial charge in [-0.25, -0.2) is 17.9 Å². The third kappa shape index (κ3) is 2.55. The van der Waals surface area contributed by atoms with Crippen molar-refractivity contribution in [2.24, 2.45) is 16.0 Å². The zero-order valence-corrected chi connectivity index (χ0v) is 13.2. The zero-order valence-electron chi connectivity index (χ0n) is 12.4. The SMILES string of the molecule is CC1(C)C(NC(=O)c2cc(S(N)(=O)=O)ccc2F)C1(C)C. The lowest BCUT2D eigenvalue weighted by atomic mass is 10.0. The smallest absolute Gasteiger partial charge is 0.254 e. The van der Waals surface area contributed by atoms with Crippen LogP contribution in [0.25, 0.3) is 0 Å². The fourth-order valence-corrected chi connectivity index (χ4v) is 3.16. The summed E-state index contributed by atoms with van der Waals surface area (Å²) in [7, 11) is -3.98. The van der Waals surface area contributed by atoms with E-state index < -0.39 is 21.7 Å². The van der Waals surface area contributed by atoms with Gasteiger partial charge in [0.15, 0.2) is 0 Å². The fourth-order valence-electron chi connectivity index (χ4n) is 2.62. The molecule has 1 aromatic carbocycles. The van der Waals surface area contributed by atoms with Crippen LogP contribution in [0.4, 0.5) is 4.39 Å². The lowest BCUT2D eigenvalue weighted by Gasteiger charge is -2.09. The van der Waals surface area contributed by atoms with Crippen molar-refractivity contribution in [2.75, 3.05) is 0 Å². The molecule has 0 saturated heterocycles. The van der Waals surface area contributed by atoms with E-state index in [1.165, 1.54) is 0 Å². The summed E-state index contributed by atoms with van der Waals surface area (Å²) in [5.74, 6) is -1.42. The van der Waals surface area contributed by atoms with Crippen molar-refractivity contribution in [3.05, 3.63) is 29.6 Å². The van der Waals surface area contributed by atoms with Crippen molar-refractivity contribution in [3.63, 3.8) is 0 Å². The van der Waals surface area contributed by atoms with Crippen LogP contribution >= 0.6 is 0 Å². The Labute approximate surface area is 123 Å². The standard InChI is InChI=1S/C14H19FN2O3S/c1-13(2)12(14(13,3)4)17-11(18)9-7-8(21(16,19)20)5-6-10(9)15/h5-7,12H,1-4H3,(H,17,18)(H2,16,19,20). The average Bonchev–Trinajstić information content (AvgIpc) is 2.70. The maximum Gasteiger partial charge on any atom is 0.254 e. The molecule has 21 heavy (non-hydrogen) atoms. The third-order valence-corrected chi connectivity index (χ3v) is 5.72. The lowest BCUT2D eigenvalue weighted by molar-refractivity contribution is 0.0939. The Morgan fingerprint density at radius 2 is 1.76 bits per heavy atom. The molecule has 1 saturated carbocycles. The molecule has 3 N–H and O–H groups in total. The predicted octanol–water partition coefficient (Wildman–Crippen LogP) is 1.64. The van der Waals surface area contributed by atoms with Crippen LogP contribution in [0.2, 0.25) is 0 Å². The van der Waals surface area contributed by atoms with Crippen molar-refractivity contribution < 1.29 is 17.6 Å². The molecule has 7 heteroatoms. The number of carbonyl (C=O) groups is 1. The molecular formula is C14H19FN2O3S. The Kier molecular flexibility index (Phi) is 3.42. The highest BCUT2D eigenvalue weighted by Gasteiger charge is 2.65. The molecule has 0 unspecified atom stereocenters. The van der Waals surface area contributed by atoms with Crippen LogP contribution in [0, 0.1) is 16.6 Å². The number of sulfonamides is 1. The summed E-state index contributed by atoms with van der Waals surface area (Å²) in [6.45, 7) is 8.04. The average molecular weight is 314 g/mol. The molecule has 0 atom stereocenters. The zero-order chi connectivity index (χ0) is 16.2. The van der Waals surface area contributed by atoms with Gasteiger partial charge < -0.3 is 5.32 Å². The predicted molar refractivity (Wildman–Crippen MR) is 76.6 cm³/mol. The Morgan fingerprint density at radius 1 is 1.24 bits per heavy atom. The molecule has 0 radical (unpaired) electrons. The molecule has 5 nitrogen and oxygen atoms in total. The number of nitrogens with two attached hydrogens (primary N) is 1.